The number of aliphatic carboxylic acids is 1. The van der Waals surface area contributed by atoms with Crippen molar-refractivity contribution in [2.45, 2.75) is 51.0 Å². The highest BCUT2D eigenvalue weighted by molar-refractivity contribution is 5.87. The number of amides is 1. The Hall–Kier alpha value is -3.92. The van der Waals surface area contributed by atoms with E-state index in [1.54, 1.807) is 53.4 Å². The number of nitrogens with one attached hydrogen (secondary N) is 1. The van der Waals surface area contributed by atoms with Crippen molar-refractivity contribution in [1.29, 1.82) is 0 Å². The summed E-state index contributed by atoms with van der Waals surface area (Å²) in [6.07, 6.45) is 0.191. The van der Waals surface area contributed by atoms with E-state index in [9.17, 15) is 24.3 Å². The normalized spacial score (nSPS) is 15.2. The first kappa shape index (κ1) is 26.7. The summed E-state index contributed by atoms with van der Waals surface area (Å²) >= 11 is 0. The molecule has 0 spiro atoms. The number of carboxylic acid groups (broad SMARTS) is 1. The summed E-state index contributed by atoms with van der Waals surface area (Å²) in [4.78, 5) is 51.0. The molecule has 0 aliphatic carbocycles. The standard InChI is InChI=1S/C26H30N2O8/c29-23(30)21(27-25(32)34-17-19-10-4-1-5-11-19)16-22(28-14-8-3-9-15-28)24(31)36-26(33)35-18-20-12-6-2-7-13-20/h1-2,4-7,10-13,21-22H,3,8-9,14-18H2,(H,27,32)(H,29,30)/t21-,22?/m0/s1. The molecule has 1 aliphatic heterocycles. The van der Waals surface area contributed by atoms with Gasteiger partial charge in [0.2, 0.25) is 0 Å². The molecule has 0 aromatic heterocycles. The van der Waals surface area contributed by atoms with Crippen molar-refractivity contribution < 1.29 is 38.5 Å². The van der Waals surface area contributed by atoms with Crippen molar-refractivity contribution in [3.05, 3.63) is 71.8 Å². The van der Waals surface area contributed by atoms with Crippen LogP contribution in [-0.2, 0) is 37.0 Å². The summed E-state index contributed by atoms with van der Waals surface area (Å²) in [5.74, 6) is -2.27. The molecule has 1 heterocycles. The number of rotatable bonds is 10. The van der Waals surface area contributed by atoms with Gasteiger partial charge in [0.1, 0.15) is 25.3 Å². The van der Waals surface area contributed by atoms with E-state index in [4.69, 9.17) is 14.2 Å². The molecule has 1 amide bonds. The molecule has 1 unspecified atom stereocenters. The van der Waals surface area contributed by atoms with E-state index < -0.39 is 36.3 Å². The van der Waals surface area contributed by atoms with E-state index >= 15 is 0 Å². The predicted molar refractivity (Wildman–Crippen MR) is 128 cm³/mol. The van der Waals surface area contributed by atoms with Gasteiger partial charge in [-0.1, -0.05) is 67.1 Å². The maximum absolute atomic E-state index is 12.9. The first-order chi connectivity index (χ1) is 17.4. The number of carboxylic acids is 1. The van der Waals surface area contributed by atoms with Crippen LogP contribution in [0.15, 0.2) is 60.7 Å². The van der Waals surface area contributed by atoms with Gasteiger partial charge in [-0.2, -0.15) is 0 Å². The molecule has 2 aromatic carbocycles. The molecule has 192 valence electrons. The van der Waals surface area contributed by atoms with E-state index in [0.717, 1.165) is 30.4 Å². The second kappa shape index (κ2) is 13.8. The Kier molecular flexibility index (Phi) is 10.3. The number of esters is 1. The van der Waals surface area contributed by atoms with Crippen LogP contribution in [0.4, 0.5) is 9.59 Å². The van der Waals surface area contributed by atoms with Crippen LogP contribution in [0, 0.1) is 0 Å². The van der Waals surface area contributed by atoms with Gasteiger partial charge in [-0.15, -0.1) is 0 Å². The summed E-state index contributed by atoms with van der Waals surface area (Å²) in [6.45, 7) is 0.949. The third kappa shape index (κ3) is 8.70. The van der Waals surface area contributed by atoms with Crippen LogP contribution < -0.4 is 5.32 Å². The third-order valence-corrected chi connectivity index (χ3v) is 5.75. The number of benzene rings is 2. The largest absolute Gasteiger partial charge is 0.516 e. The number of hydrogen-bond acceptors (Lipinski definition) is 8. The highest BCUT2D eigenvalue weighted by Crippen LogP contribution is 2.18. The zero-order valence-corrected chi connectivity index (χ0v) is 19.8. The number of likely N-dealkylation sites (tertiary alicyclic amines) is 1. The van der Waals surface area contributed by atoms with E-state index in [2.05, 4.69) is 5.32 Å². The van der Waals surface area contributed by atoms with Crippen molar-refractivity contribution >= 4 is 24.2 Å². The zero-order valence-electron chi connectivity index (χ0n) is 19.8. The SMILES string of the molecule is O=C(N[C@@H](CC(C(=O)OC(=O)OCc1ccccc1)N1CCCCC1)C(=O)O)OCc1ccccc1. The average molecular weight is 499 g/mol. The summed E-state index contributed by atoms with van der Waals surface area (Å²) in [5.41, 5.74) is 1.46. The van der Waals surface area contributed by atoms with Crippen LogP contribution in [0.2, 0.25) is 0 Å². The van der Waals surface area contributed by atoms with E-state index in [-0.39, 0.29) is 19.6 Å². The molecule has 0 bridgehead atoms. The Morgan fingerprint density at radius 3 is 1.94 bits per heavy atom. The van der Waals surface area contributed by atoms with Crippen LogP contribution >= 0.6 is 0 Å². The molecule has 1 fully saturated rings. The van der Waals surface area contributed by atoms with Gasteiger partial charge in [0.05, 0.1) is 0 Å². The molecule has 10 nitrogen and oxygen atoms in total. The number of carbonyl (C=O) groups is 4. The highest BCUT2D eigenvalue weighted by atomic mass is 16.7. The lowest BCUT2D eigenvalue weighted by Crippen LogP contribution is -2.51. The number of hydrogen-bond donors (Lipinski definition) is 2. The molecular formula is C26H30N2O8. The minimum absolute atomic E-state index is 0.0378. The lowest BCUT2D eigenvalue weighted by atomic mass is 10.0. The fourth-order valence-corrected chi connectivity index (χ4v) is 3.87. The van der Waals surface area contributed by atoms with Crippen LogP contribution in [0.1, 0.15) is 36.8 Å². The lowest BCUT2D eigenvalue weighted by Gasteiger charge is -2.33. The van der Waals surface area contributed by atoms with E-state index in [1.807, 2.05) is 12.1 Å². The number of ether oxygens (including phenoxy) is 3. The first-order valence-electron chi connectivity index (χ1n) is 11.8. The fraction of sp³-hybridized carbons (Fsp3) is 0.385. The van der Waals surface area contributed by atoms with Gasteiger partial charge >= 0.3 is 24.2 Å². The maximum Gasteiger partial charge on any atom is 0.516 e. The van der Waals surface area contributed by atoms with Gasteiger partial charge < -0.3 is 24.6 Å². The fourth-order valence-electron chi connectivity index (χ4n) is 3.87. The number of alkyl carbamates (subject to hydrolysis) is 1. The number of nitrogens with zero attached hydrogens (tertiary/aromatic N) is 1. The van der Waals surface area contributed by atoms with E-state index in [0.29, 0.717) is 13.1 Å². The van der Waals surface area contributed by atoms with Gasteiger partial charge in [-0.3, -0.25) is 4.90 Å². The van der Waals surface area contributed by atoms with Crippen molar-refractivity contribution in [3.63, 3.8) is 0 Å². The molecular weight excluding hydrogens is 468 g/mol. The predicted octanol–water partition coefficient (Wildman–Crippen LogP) is 3.49. The lowest BCUT2D eigenvalue weighted by molar-refractivity contribution is -0.148. The Balaban J connectivity index is 1.60. The van der Waals surface area contributed by atoms with Gasteiger partial charge in [-0.05, 0) is 37.1 Å². The molecule has 2 atom stereocenters. The Bertz CT molecular complexity index is 1010. The number of carbonyl (C=O) groups excluding carboxylic acids is 3. The molecule has 2 aromatic rings. The smallest absolute Gasteiger partial charge is 0.480 e. The quantitative estimate of drug-likeness (QED) is 0.373. The molecule has 1 aliphatic rings. The number of piperidine rings is 1. The van der Waals surface area contributed by atoms with Crippen LogP contribution in [0.25, 0.3) is 0 Å². The van der Waals surface area contributed by atoms with Gasteiger partial charge in [0.25, 0.3) is 0 Å². The Morgan fingerprint density at radius 2 is 1.39 bits per heavy atom. The Labute approximate surface area is 209 Å². The second-order valence-electron chi connectivity index (χ2n) is 8.39. The van der Waals surface area contributed by atoms with Gasteiger partial charge in [0.15, 0.2) is 0 Å². The molecule has 0 saturated carbocycles. The summed E-state index contributed by atoms with van der Waals surface area (Å²) in [7, 11) is 0. The summed E-state index contributed by atoms with van der Waals surface area (Å²) in [6, 6.07) is 15.3. The van der Waals surface area contributed by atoms with Gasteiger partial charge in [-0.25, -0.2) is 19.2 Å². The van der Waals surface area contributed by atoms with Crippen molar-refractivity contribution in [2.24, 2.45) is 0 Å². The highest BCUT2D eigenvalue weighted by Gasteiger charge is 2.36. The minimum atomic E-state index is -1.44. The minimum Gasteiger partial charge on any atom is -0.480 e. The van der Waals surface area contributed by atoms with Crippen molar-refractivity contribution in [1.82, 2.24) is 10.2 Å². The molecule has 36 heavy (non-hydrogen) atoms. The van der Waals surface area contributed by atoms with E-state index in [1.165, 1.54) is 0 Å². The van der Waals surface area contributed by atoms with Crippen LogP contribution in [-0.4, -0.2) is 59.4 Å². The molecule has 10 heteroatoms. The topological polar surface area (TPSA) is 131 Å². The molecule has 3 rings (SSSR count). The van der Waals surface area contributed by atoms with Crippen molar-refractivity contribution in [2.75, 3.05) is 13.1 Å². The zero-order chi connectivity index (χ0) is 25.8. The molecule has 1 saturated heterocycles. The monoisotopic (exact) mass is 498 g/mol. The molecule has 0 radical (unpaired) electrons. The summed E-state index contributed by atoms with van der Waals surface area (Å²) < 4.78 is 15.0. The molecule has 2 N–H and O–H groups in total. The van der Waals surface area contributed by atoms with Crippen molar-refractivity contribution in [3.8, 4) is 0 Å². The van der Waals surface area contributed by atoms with Crippen LogP contribution in [0.5, 0.6) is 0 Å². The van der Waals surface area contributed by atoms with Gasteiger partial charge in [0, 0.05) is 6.42 Å². The third-order valence-electron chi connectivity index (χ3n) is 5.75. The second-order valence-corrected chi connectivity index (χ2v) is 8.39. The Morgan fingerprint density at radius 1 is 0.833 bits per heavy atom. The van der Waals surface area contributed by atoms with Crippen LogP contribution in [0.3, 0.4) is 0 Å². The first-order valence-corrected chi connectivity index (χ1v) is 11.8. The summed E-state index contributed by atoms with van der Waals surface area (Å²) in [5, 5.41) is 12.0. The maximum atomic E-state index is 12.9. The average Bonchev–Trinajstić information content (AvgIpc) is 2.90.